The van der Waals surface area contributed by atoms with Gasteiger partial charge in [-0.3, -0.25) is 14.6 Å². The van der Waals surface area contributed by atoms with Gasteiger partial charge in [-0.2, -0.15) is 0 Å². The smallest absolute Gasteiger partial charge is 0.261 e. The van der Waals surface area contributed by atoms with E-state index in [2.05, 4.69) is 15.6 Å². The molecule has 0 spiro atoms. The summed E-state index contributed by atoms with van der Waals surface area (Å²) in [5.41, 5.74) is 1.77. The Morgan fingerprint density at radius 3 is 2.92 bits per heavy atom. The Kier molecular flexibility index (Phi) is 5.53. The highest BCUT2D eigenvalue weighted by atomic mass is 16.5. The largest absolute Gasteiger partial charge is 0.482 e. The van der Waals surface area contributed by atoms with Crippen molar-refractivity contribution in [2.45, 2.75) is 45.2 Å². The molecule has 1 aromatic rings. The molecule has 2 fully saturated rings. The summed E-state index contributed by atoms with van der Waals surface area (Å²) < 4.78 is 5.71. The van der Waals surface area contributed by atoms with Crippen LogP contribution in [0.4, 0.5) is 0 Å². The molecular formula is C18H26N4O3. The first kappa shape index (κ1) is 17.7. The number of aromatic nitrogens is 1. The van der Waals surface area contributed by atoms with Crippen molar-refractivity contribution in [3.8, 4) is 5.75 Å². The van der Waals surface area contributed by atoms with Crippen LogP contribution in [0.3, 0.4) is 0 Å². The second-order valence-electron chi connectivity index (χ2n) is 6.63. The van der Waals surface area contributed by atoms with E-state index in [0.717, 1.165) is 30.7 Å². The minimum atomic E-state index is -0.466. The van der Waals surface area contributed by atoms with Crippen molar-refractivity contribution in [2.24, 2.45) is 0 Å². The second-order valence-corrected chi connectivity index (χ2v) is 6.63. The van der Waals surface area contributed by atoms with Crippen molar-refractivity contribution in [1.82, 2.24) is 20.5 Å². The molecule has 3 rings (SSSR count). The van der Waals surface area contributed by atoms with E-state index in [1.165, 1.54) is 0 Å². The van der Waals surface area contributed by atoms with Crippen molar-refractivity contribution in [1.29, 1.82) is 0 Å². The fourth-order valence-corrected chi connectivity index (χ4v) is 2.97. The molecule has 25 heavy (non-hydrogen) atoms. The molecule has 7 nitrogen and oxygen atoms in total. The zero-order chi connectivity index (χ0) is 17.8. The van der Waals surface area contributed by atoms with Gasteiger partial charge in [0.05, 0.1) is 5.69 Å². The SMILES string of the molecule is CCc1nc(C)ccc1OCC(=O)N1CCNC[C@@H]1C(=O)NC1CC1. The van der Waals surface area contributed by atoms with Crippen LogP contribution in [0.25, 0.3) is 0 Å². The maximum atomic E-state index is 12.6. The Balaban J connectivity index is 1.61. The highest BCUT2D eigenvalue weighted by molar-refractivity contribution is 5.89. The molecule has 1 aliphatic carbocycles. The molecule has 0 aromatic carbocycles. The predicted molar refractivity (Wildman–Crippen MR) is 93.4 cm³/mol. The van der Waals surface area contributed by atoms with Gasteiger partial charge in [-0.05, 0) is 38.3 Å². The number of carbonyl (C=O) groups excluding carboxylic acids is 2. The maximum absolute atomic E-state index is 12.6. The monoisotopic (exact) mass is 346 g/mol. The van der Waals surface area contributed by atoms with Gasteiger partial charge >= 0.3 is 0 Å². The number of pyridine rings is 1. The van der Waals surface area contributed by atoms with Crippen molar-refractivity contribution in [3.63, 3.8) is 0 Å². The number of hydrogen-bond donors (Lipinski definition) is 2. The molecule has 0 radical (unpaired) electrons. The Bertz CT molecular complexity index is 645. The fraction of sp³-hybridized carbons (Fsp3) is 0.611. The van der Waals surface area contributed by atoms with Crippen LogP contribution in [-0.4, -0.2) is 60.0 Å². The number of ether oxygens (including phenoxy) is 1. The van der Waals surface area contributed by atoms with E-state index in [0.29, 0.717) is 25.4 Å². The zero-order valence-electron chi connectivity index (χ0n) is 14.9. The third-order valence-corrected chi connectivity index (χ3v) is 4.55. The first-order valence-electron chi connectivity index (χ1n) is 8.98. The summed E-state index contributed by atoms with van der Waals surface area (Å²) in [7, 11) is 0. The highest BCUT2D eigenvalue weighted by Crippen LogP contribution is 2.20. The van der Waals surface area contributed by atoms with Crippen molar-refractivity contribution in [3.05, 3.63) is 23.5 Å². The molecule has 1 saturated heterocycles. The number of piperazine rings is 1. The van der Waals surface area contributed by atoms with Crippen LogP contribution >= 0.6 is 0 Å². The van der Waals surface area contributed by atoms with E-state index in [-0.39, 0.29) is 24.5 Å². The van der Waals surface area contributed by atoms with Gasteiger partial charge in [0.1, 0.15) is 11.8 Å². The number of carbonyl (C=O) groups is 2. The number of aryl methyl sites for hydroxylation is 2. The third kappa shape index (κ3) is 4.48. The van der Waals surface area contributed by atoms with E-state index in [1.807, 2.05) is 26.0 Å². The number of nitrogens with one attached hydrogen (secondary N) is 2. The van der Waals surface area contributed by atoms with Gasteiger partial charge in [0, 0.05) is 31.4 Å². The van der Waals surface area contributed by atoms with Crippen LogP contribution in [-0.2, 0) is 16.0 Å². The molecule has 1 aromatic heterocycles. The van der Waals surface area contributed by atoms with Crippen LogP contribution in [0.1, 0.15) is 31.2 Å². The topological polar surface area (TPSA) is 83.6 Å². The molecule has 1 atom stereocenters. The molecule has 7 heteroatoms. The van der Waals surface area contributed by atoms with Gasteiger partial charge in [0.2, 0.25) is 5.91 Å². The standard InChI is InChI=1S/C18H26N4O3/c1-3-14-16(7-4-12(2)20-14)25-11-17(23)22-9-8-19-10-15(22)18(24)21-13-5-6-13/h4,7,13,15,19H,3,5-6,8-11H2,1-2H3,(H,21,24)/t15-/m1/s1. The molecule has 2 heterocycles. The van der Waals surface area contributed by atoms with Crippen LogP contribution in [0, 0.1) is 6.92 Å². The third-order valence-electron chi connectivity index (χ3n) is 4.55. The lowest BCUT2D eigenvalue weighted by molar-refractivity contribution is -0.143. The van der Waals surface area contributed by atoms with Crippen LogP contribution in [0.15, 0.2) is 12.1 Å². The minimum absolute atomic E-state index is 0.0747. The van der Waals surface area contributed by atoms with Crippen LogP contribution in [0.5, 0.6) is 5.75 Å². The quantitative estimate of drug-likeness (QED) is 0.780. The molecule has 2 aliphatic rings. The lowest BCUT2D eigenvalue weighted by atomic mass is 10.1. The van der Waals surface area contributed by atoms with Crippen LogP contribution in [0.2, 0.25) is 0 Å². The first-order valence-corrected chi connectivity index (χ1v) is 8.98. The van der Waals surface area contributed by atoms with Gasteiger partial charge in [0.15, 0.2) is 6.61 Å². The molecule has 136 valence electrons. The second kappa shape index (κ2) is 7.82. The molecule has 0 unspecified atom stereocenters. The van der Waals surface area contributed by atoms with Gasteiger partial charge < -0.3 is 20.3 Å². The van der Waals surface area contributed by atoms with E-state index in [1.54, 1.807) is 4.90 Å². The molecule has 1 saturated carbocycles. The number of amides is 2. The number of hydrogen-bond acceptors (Lipinski definition) is 5. The summed E-state index contributed by atoms with van der Waals surface area (Å²) in [4.78, 5) is 31.1. The summed E-state index contributed by atoms with van der Waals surface area (Å²) in [5, 5.41) is 6.17. The fourth-order valence-electron chi connectivity index (χ4n) is 2.97. The highest BCUT2D eigenvalue weighted by Gasteiger charge is 2.35. The van der Waals surface area contributed by atoms with Crippen molar-refractivity contribution >= 4 is 11.8 Å². The van der Waals surface area contributed by atoms with E-state index >= 15 is 0 Å². The molecule has 2 amide bonds. The van der Waals surface area contributed by atoms with E-state index < -0.39 is 6.04 Å². The van der Waals surface area contributed by atoms with Gasteiger partial charge in [-0.1, -0.05) is 6.92 Å². The average molecular weight is 346 g/mol. The number of rotatable bonds is 6. The Morgan fingerprint density at radius 2 is 2.20 bits per heavy atom. The molecular weight excluding hydrogens is 320 g/mol. The summed E-state index contributed by atoms with van der Waals surface area (Å²) in [6.45, 7) is 5.54. The maximum Gasteiger partial charge on any atom is 0.261 e. The Hall–Kier alpha value is -2.15. The summed E-state index contributed by atoms with van der Waals surface area (Å²) in [6, 6.07) is 3.54. The zero-order valence-corrected chi connectivity index (χ0v) is 14.9. The molecule has 2 N–H and O–H groups in total. The normalized spacial score (nSPS) is 20.2. The Morgan fingerprint density at radius 1 is 1.40 bits per heavy atom. The van der Waals surface area contributed by atoms with E-state index in [9.17, 15) is 9.59 Å². The first-order chi connectivity index (χ1) is 12.1. The lowest BCUT2D eigenvalue weighted by Crippen LogP contribution is -2.60. The Labute approximate surface area is 148 Å². The van der Waals surface area contributed by atoms with Crippen molar-refractivity contribution < 1.29 is 14.3 Å². The molecule has 0 bridgehead atoms. The van der Waals surface area contributed by atoms with Crippen molar-refractivity contribution in [2.75, 3.05) is 26.2 Å². The van der Waals surface area contributed by atoms with Gasteiger partial charge in [0.25, 0.3) is 5.91 Å². The minimum Gasteiger partial charge on any atom is -0.482 e. The summed E-state index contributed by atoms with van der Waals surface area (Å²) >= 11 is 0. The summed E-state index contributed by atoms with van der Waals surface area (Å²) in [5.74, 6) is 0.393. The molecule has 1 aliphatic heterocycles. The predicted octanol–water partition coefficient (Wildman–Crippen LogP) is 0.410. The average Bonchev–Trinajstić information content (AvgIpc) is 3.44. The van der Waals surface area contributed by atoms with E-state index in [4.69, 9.17) is 4.74 Å². The number of nitrogens with zero attached hydrogens (tertiary/aromatic N) is 2. The van der Waals surface area contributed by atoms with Gasteiger partial charge in [-0.15, -0.1) is 0 Å². The summed E-state index contributed by atoms with van der Waals surface area (Å²) in [6.07, 6.45) is 2.80. The lowest BCUT2D eigenvalue weighted by Gasteiger charge is -2.35. The van der Waals surface area contributed by atoms with Gasteiger partial charge in [-0.25, -0.2) is 0 Å². The van der Waals surface area contributed by atoms with Crippen LogP contribution < -0.4 is 15.4 Å².